The van der Waals surface area contributed by atoms with E-state index in [0.29, 0.717) is 12.2 Å². The van der Waals surface area contributed by atoms with Gasteiger partial charge in [0.1, 0.15) is 5.78 Å². The summed E-state index contributed by atoms with van der Waals surface area (Å²) in [6.07, 6.45) is 2.52. The van der Waals surface area contributed by atoms with E-state index in [4.69, 9.17) is 0 Å². The number of aryl methyl sites for hydroxylation is 1. The first-order valence-corrected chi connectivity index (χ1v) is 7.57. The van der Waals surface area contributed by atoms with Crippen LogP contribution >= 0.6 is 0 Å². The summed E-state index contributed by atoms with van der Waals surface area (Å²) in [6.45, 7) is 14.9. The molecule has 1 aromatic carbocycles. The van der Waals surface area contributed by atoms with Gasteiger partial charge in [-0.2, -0.15) is 35.7 Å². The third-order valence-electron chi connectivity index (χ3n) is 5.46. The van der Waals surface area contributed by atoms with Crippen molar-refractivity contribution >= 4 is 5.78 Å². The second-order valence-electron chi connectivity index (χ2n) is 7.18. The SMILES string of the molecule is [CH2-]CC(C)(C)c1[c-]cc(C)c(C2(C)CCC(=O)C2C)c1.[W+2]. The van der Waals surface area contributed by atoms with E-state index in [1.54, 1.807) is 0 Å². The van der Waals surface area contributed by atoms with Gasteiger partial charge in [0, 0.05) is 12.3 Å². The van der Waals surface area contributed by atoms with Crippen LogP contribution in [0.4, 0.5) is 0 Å². The molecule has 0 amide bonds. The Morgan fingerprint density at radius 1 is 1.48 bits per heavy atom. The summed E-state index contributed by atoms with van der Waals surface area (Å²) in [5.41, 5.74) is 3.79. The van der Waals surface area contributed by atoms with Crippen molar-refractivity contribution in [3.8, 4) is 0 Å². The third-order valence-corrected chi connectivity index (χ3v) is 5.46. The van der Waals surface area contributed by atoms with Gasteiger partial charge in [-0.05, 0) is 11.8 Å². The number of rotatable bonds is 3. The molecule has 1 aliphatic carbocycles. The number of hydrogen-bond acceptors (Lipinski definition) is 1. The van der Waals surface area contributed by atoms with E-state index in [9.17, 15) is 4.79 Å². The molecule has 1 saturated carbocycles. The summed E-state index contributed by atoms with van der Waals surface area (Å²) >= 11 is 0. The van der Waals surface area contributed by atoms with E-state index in [2.05, 4.69) is 59.7 Å². The fourth-order valence-corrected chi connectivity index (χ4v) is 3.24. The summed E-state index contributed by atoms with van der Waals surface area (Å²) in [7, 11) is 0. The molecular formula is C19H26OW. The minimum absolute atomic E-state index is 0. The minimum Gasteiger partial charge on any atom is -0.343 e. The zero-order valence-electron chi connectivity index (χ0n) is 13.9. The fourth-order valence-electron chi connectivity index (χ4n) is 3.24. The van der Waals surface area contributed by atoms with Crippen LogP contribution in [0.2, 0.25) is 0 Å². The Morgan fingerprint density at radius 2 is 2.10 bits per heavy atom. The quantitative estimate of drug-likeness (QED) is 0.613. The molecule has 2 heteroatoms. The molecule has 2 atom stereocenters. The average molecular weight is 454 g/mol. The molecule has 0 aromatic heterocycles. The summed E-state index contributed by atoms with van der Waals surface area (Å²) in [5, 5.41) is 0. The monoisotopic (exact) mass is 454 g/mol. The molecule has 1 aliphatic rings. The van der Waals surface area contributed by atoms with Crippen LogP contribution in [-0.4, -0.2) is 5.78 Å². The maximum atomic E-state index is 12.0. The number of benzene rings is 1. The van der Waals surface area contributed by atoms with Crippen molar-refractivity contribution in [3.05, 3.63) is 41.8 Å². The smallest absolute Gasteiger partial charge is 0.343 e. The normalized spacial score (nSPS) is 25.8. The van der Waals surface area contributed by atoms with Crippen LogP contribution in [0.25, 0.3) is 0 Å². The van der Waals surface area contributed by atoms with E-state index in [1.807, 2.05) is 0 Å². The Hall–Kier alpha value is -0.422. The zero-order valence-corrected chi connectivity index (χ0v) is 16.8. The molecule has 0 N–H and O–H groups in total. The second kappa shape index (κ2) is 6.37. The van der Waals surface area contributed by atoms with Crippen molar-refractivity contribution in [2.75, 3.05) is 0 Å². The predicted octanol–water partition coefficient (Wildman–Crippen LogP) is 4.55. The average Bonchev–Trinajstić information content (AvgIpc) is 2.68. The standard InChI is InChI=1S/C19H26O.W/c1-7-18(4,5)15-9-8-13(2)16(12-15)19(6)11-10-17(20)14(19)3;/h8,12,14H,1,7,10-11H2,2-6H3;/q-2;+2. The van der Waals surface area contributed by atoms with Gasteiger partial charge in [-0.3, -0.25) is 4.79 Å². The summed E-state index contributed by atoms with van der Waals surface area (Å²) in [5.74, 6) is 0.511. The number of carbonyl (C=O) groups is 1. The van der Waals surface area contributed by atoms with Crippen LogP contribution in [0, 0.1) is 25.8 Å². The first-order valence-electron chi connectivity index (χ1n) is 7.57. The molecule has 1 fully saturated rings. The van der Waals surface area contributed by atoms with E-state index >= 15 is 0 Å². The number of carbonyl (C=O) groups excluding carboxylic acids is 1. The minimum atomic E-state index is -0.0255. The Balaban J connectivity index is 0.00000220. The molecule has 2 unspecified atom stereocenters. The van der Waals surface area contributed by atoms with Gasteiger partial charge in [0.05, 0.1) is 0 Å². The Kier molecular flexibility index (Phi) is 5.65. The predicted molar refractivity (Wildman–Crippen MR) is 83.8 cm³/mol. The molecule has 114 valence electrons. The molecule has 1 nitrogen and oxygen atoms in total. The molecular weight excluding hydrogens is 428 g/mol. The maximum Gasteiger partial charge on any atom is 2.00 e. The topological polar surface area (TPSA) is 17.1 Å². The van der Waals surface area contributed by atoms with Gasteiger partial charge in [0.15, 0.2) is 0 Å². The Morgan fingerprint density at radius 3 is 2.57 bits per heavy atom. The molecule has 2 rings (SSSR count). The van der Waals surface area contributed by atoms with Crippen molar-refractivity contribution in [1.82, 2.24) is 0 Å². The first-order chi connectivity index (χ1) is 9.22. The van der Waals surface area contributed by atoms with E-state index in [-0.39, 0.29) is 37.8 Å². The van der Waals surface area contributed by atoms with Gasteiger partial charge in [-0.1, -0.05) is 40.0 Å². The van der Waals surface area contributed by atoms with Crippen molar-refractivity contribution in [3.63, 3.8) is 0 Å². The van der Waals surface area contributed by atoms with Gasteiger partial charge in [-0.15, -0.1) is 5.56 Å². The first kappa shape index (κ1) is 18.6. The summed E-state index contributed by atoms with van der Waals surface area (Å²) in [6, 6.07) is 7.77. The molecule has 0 aliphatic heterocycles. The Bertz CT molecular complexity index is 532. The largest absolute Gasteiger partial charge is 2.00 e. The molecule has 0 bridgehead atoms. The van der Waals surface area contributed by atoms with Crippen molar-refractivity contribution in [2.24, 2.45) is 5.92 Å². The Labute approximate surface area is 144 Å². The second-order valence-corrected chi connectivity index (χ2v) is 7.18. The van der Waals surface area contributed by atoms with Crippen molar-refractivity contribution in [1.29, 1.82) is 0 Å². The van der Waals surface area contributed by atoms with Crippen LogP contribution in [0.1, 0.15) is 63.6 Å². The van der Waals surface area contributed by atoms with Crippen LogP contribution in [0.5, 0.6) is 0 Å². The number of Topliss-reactive ketones (excluding diaryl/α,β-unsaturated/α-hetero) is 1. The third kappa shape index (κ3) is 3.19. The van der Waals surface area contributed by atoms with Crippen molar-refractivity contribution < 1.29 is 25.9 Å². The maximum absolute atomic E-state index is 12.0. The molecule has 0 radical (unpaired) electrons. The van der Waals surface area contributed by atoms with Crippen LogP contribution in [0.3, 0.4) is 0 Å². The van der Waals surface area contributed by atoms with E-state index < -0.39 is 0 Å². The van der Waals surface area contributed by atoms with Crippen LogP contribution < -0.4 is 0 Å². The number of ketones is 1. The van der Waals surface area contributed by atoms with Gasteiger partial charge in [0.2, 0.25) is 0 Å². The molecule has 21 heavy (non-hydrogen) atoms. The zero-order chi connectivity index (χ0) is 15.1. The van der Waals surface area contributed by atoms with E-state index in [0.717, 1.165) is 12.8 Å². The van der Waals surface area contributed by atoms with Gasteiger partial charge in [-0.25, -0.2) is 0 Å². The van der Waals surface area contributed by atoms with Crippen LogP contribution in [-0.2, 0) is 36.7 Å². The van der Waals surface area contributed by atoms with Gasteiger partial charge in [0.25, 0.3) is 0 Å². The fraction of sp³-hybridized carbons (Fsp3) is 0.579. The molecule has 0 spiro atoms. The van der Waals surface area contributed by atoms with E-state index in [1.165, 1.54) is 16.7 Å². The number of hydrogen-bond donors (Lipinski definition) is 0. The van der Waals surface area contributed by atoms with Gasteiger partial charge >= 0.3 is 21.1 Å². The van der Waals surface area contributed by atoms with Crippen LogP contribution in [0.15, 0.2) is 12.1 Å². The van der Waals surface area contributed by atoms with Gasteiger partial charge < -0.3 is 6.92 Å². The van der Waals surface area contributed by atoms with Crippen molar-refractivity contribution in [2.45, 2.75) is 64.7 Å². The summed E-state index contributed by atoms with van der Waals surface area (Å²) < 4.78 is 0. The molecule has 0 heterocycles. The molecule has 0 saturated heterocycles. The summed E-state index contributed by atoms with van der Waals surface area (Å²) in [4.78, 5) is 12.0. The molecule has 1 aromatic rings.